The number of carboxylic acid groups (broad SMARTS) is 1. The SMILES string of the molecule is CNC(SC1CCCN(C(=O)O)C1)c1cnc2c(ccn2S(=O)(=O)c2ccc(C)cc2)n1. The Morgan fingerprint density at radius 1 is 1.28 bits per heavy atom. The predicted octanol–water partition coefficient (Wildman–Crippen LogP) is 3.07. The topological polar surface area (TPSA) is 117 Å². The summed E-state index contributed by atoms with van der Waals surface area (Å²) >= 11 is 1.62. The van der Waals surface area contributed by atoms with Crippen molar-refractivity contribution in [1.29, 1.82) is 0 Å². The van der Waals surface area contributed by atoms with Crippen LogP contribution < -0.4 is 5.32 Å². The molecule has 9 nitrogen and oxygen atoms in total. The summed E-state index contributed by atoms with van der Waals surface area (Å²) in [5.41, 5.74) is 2.40. The van der Waals surface area contributed by atoms with E-state index in [-0.39, 0.29) is 21.2 Å². The first kappa shape index (κ1) is 22.6. The van der Waals surface area contributed by atoms with Gasteiger partial charge in [0.25, 0.3) is 10.0 Å². The summed E-state index contributed by atoms with van der Waals surface area (Å²) < 4.78 is 27.3. The second-order valence-electron chi connectivity index (χ2n) is 7.73. The molecule has 2 unspecified atom stereocenters. The Morgan fingerprint density at radius 3 is 2.72 bits per heavy atom. The number of fused-ring (bicyclic) bond motifs is 1. The summed E-state index contributed by atoms with van der Waals surface area (Å²) in [5.74, 6) is 0. The number of aromatic nitrogens is 3. The van der Waals surface area contributed by atoms with Gasteiger partial charge in [0.1, 0.15) is 5.52 Å². The van der Waals surface area contributed by atoms with Crippen molar-refractivity contribution in [3.8, 4) is 0 Å². The van der Waals surface area contributed by atoms with Gasteiger partial charge >= 0.3 is 6.09 Å². The smallest absolute Gasteiger partial charge is 0.407 e. The maximum absolute atomic E-state index is 13.1. The molecule has 170 valence electrons. The van der Waals surface area contributed by atoms with Gasteiger partial charge in [-0.25, -0.2) is 27.2 Å². The lowest BCUT2D eigenvalue weighted by molar-refractivity contribution is 0.137. The van der Waals surface area contributed by atoms with Gasteiger partial charge in [-0.15, -0.1) is 11.8 Å². The molecule has 3 heterocycles. The van der Waals surface area contributed by atoms with E-state index in [9.17, 15) is 18.3 Å². The molecule has 2 aromatic heterocycles. The maximum Gasteiger partial charge on any atom is 0.407 e. The molecule has 4 rings (SSSR count). The Labute approximate surface area is 190 Å². The van der Waals surface area contributed by atoms with Gasteiger partial charge in [-0.1, -0.05) is 17.7 Å². The van der Waals surface area contributed by atoms with E-state index in [1.807, 2.05) is 14.0 Å². The number of nitrogens with zero attached hydrogens (tertiary/aromatic N) is 4. The molecule has 1 aliphatic rings. The Kier molecular flexibility index (Phi) is 6.40. The summed E-state index contributed by atoms with van der Waals surface area (Å²) in [6, 6.07) is 8.32. The Bertz CT molecular complexity index is 1230. The fraction of sp³-hybridized carbons (Fsp3) is 0.381. The number of likely N-dealkylation sites (tertiary alicyclic amines) is 1. The number of rotatable bonds is 6. The Hall–Kier alpha value is -2.63. The highest BCUT2D eigenvalue weighted by atomic mass is 32.2. The molecule has 1 aromatic carbocycles. The van der Waals surface area contributed by atoms with Gasteiger partial charge in [-0.3, -0.25) is 0 Å². The number of carbonyl (C=O) groups is 1. The zero-order valence-electron chi connectivity index (χ0n) is 17.8. The molecule has 0 radical (unpaired) electrons. The summed E-state index contributed by atoms with van der Waals surface area (Å²) in [7, 11) is -1.97. The van der Waals surface area contributed by atoms with Crippen LogP contribution in [-0.2, 0) is 10.0 Å². The van der Waals surface area contributed by atoms with Crippen LogP contribution in [0.1, 0.15) is 29.5 Å². The molecule has 0 saturated carbocycles. The van der Waals surface area contributed by atoms with Gasteiger partial charge in [0.15, 0.2) is 5.65 Å². The first-order valence-electron chi connectivity index (χ1n) is 10.3. The van der Waals surface area contributed by atoms with Crippen molar-refractivity contribution in [2.45, 2.75) is 35.3 Å². The average Bonchev–Trinajstić information content (AvgIpc) is 3.22. The number of aryl methyl sites for hydroxylation is 1. The molecule has 2 N–H and O–H groups in total. The molecule has 1 amide bonds. The zero-order chi connectivity index (χ0) is 22.9. The number of thioether (sulfide) groups is 1. The number of hydrogen-bond acceptors (Lipinski definition) is 7. The second kappa shape index (κ2) is 9.08. The minimum Gasteiger partial charge on any atom is -0.465 e. The lowest BCUT2D eigenvalue weighted by Crippen LogP contribution is -2.41. The number of amides is 1. The largest absolute Gasteiger partial charge is 0.465 e. The van der Waals surface area contributed by atoms with Gasteiger partial charge in [-0.05, 0) is 45.0 Å². The highest BCUT2D eigenvalue weighted by Crippen LogP contribution is 2.33. The molecule has 32 heavy (non-hydrogen) atoms. The van der Waals surface area contributed by atoms with E-state index in [1.54, 1.807) is 48.3 Å². The zero-order valence-corrected chi connectivity index (χ0v) is 19.4. The highest BCUT2D eigenvalue weighted by molar-refractivity contribution is 8.00. The van der Waals surface area contributed by atoms with Crippen molar-refractivity contribution in [3.05, 3.63) is 54.0 Å². The van der Waals surface area contributed by atoms with E-state index >= 15 is 0 Å². The molecule has 1 saturated heterocycles. The molecule has 0 aliphatic carbocycles. The number of benzene rings is 1. The van der Waals surface area contributed by atoms with Crippen LogP contribution in [-0.4, -0.2) is 63.8 Å². The predicted molar refractivity (Wildman–Crippen MR) is 123 cm³/mol. The molecule has 1 fully saturated rings. The van der Waals surface area contributed by atoms with Crippen LogP contribution in [0.5, 0.6) is 0 Å². The normalized spacial score (nSPS) is 18.1. The van der Waals surface area contributed by atoms with Gasteiger partial charge in [0, 0.05) is 24.5 Å². The van der Waals surface area contributed by atoms with Crippen molar-refractivity contribution >= 4 is 39.0 Å². The van der Waals surface area contributed by atoms with Crippen LogP contribution in [0.25, 0.3) is 11.2 Å². The third kappa shape index (κ3) is 4.45. The molecule has 1 aliphatic heterocycles. The van der Waals surface area contributed by atoms with Gasteiger partial charge < -0.3 is 15.3 Å². The first-order chi connectivity index (χ1) is 15.3. The number of nitrogens with one attached hydrogen (secondary N) is 1. The van der Waals surface area contributed by atoms with Crippen LogP contribution in [0.15, 0.2) is 47.6 Å². The third-order valence-electron chi connectivity index (χ3n) is 5.46. The number of piperidine rings is 1. The maximum atomic E-state index is 13.1. The monoisotopic (exact) mass is 475 g/mol. The van der Waals surface area contributed by atoms with Crippen LogP contribution in [0.2, 0.25) is 0 Å². The van der Waals surface area contributed by atoms with Crippen LogP contribution >= 0.6 is 11.8 Å². The molecule has 11 heteroatoms. The Morgan fingerprint density at radius 2 is 2.03 bits per heavy atom. The molecular weight excluding hydrogens is 450 g/mol. The van der Waals surface area contributed by atoms with Crippen molar-refractivity contribution in [3.63, 3.8) is 0 Å². The lowest BCUT2D eigenvalue weighted by atomic mass is 10.1. The van der Waals surface area contributed by atoms with E-state index in [0.717, 1.165) is 22.4 Å². The fourth-order valence-electron chi connectivity index (χ4n) is 3.75. The van der Waals surface area contributed by atoms with E-state index in [1.165, 1.54) is 11.1 Å². The number of hydrogen-bond donors (Lipinski definition) is 2. The molecule has 3 aromatic rings. The van der Waals surface area contributed by atoms with Crippen LogP contribution in [0.3, 0.4) is 0 Å². The van der Waals surface area contributed by atoms with E-state index in [0.29, 0.717) is 24.3 Å². The third-order valence-corrected chi connectivity index (χ3v) is 8.66. The van der Waals surface area contributed by atoms with Crippen molar-refractivity contribution < 1.29 is 18.3 Å². The Balaban J connectivity index is 1.59. The fourth-order valence-corrected chi connectivity index (χ4v) is 6.39. The molecule has 0 bridgehead atoms. The highest BCUT2D eigenvalue weighted by Gasteiger charge is 2.27. The summed E-state index contributed by atoms with van der Waals surface area (Å²) in [5, 5.41) is 12.4. The molecule has 0 spiro atoms. The van der Waals surface area contributed by atoms with Crippen molar-refractivity contribution in [2.75, 3.05) is 20.1 Å². The standard InChI is InChI=1S/C21H25N5O4S2/c1-14-5-7-16(8-6-14)32(29,30)26-11-9-17-19(26)23-12-18(24-17)20(22-2)31-15-4-3-10-25(13-15)21(27)28/h5-9,11-12,15,20,22H,3-4,10,13H2,1-2H3,(H,27,28). The van der Waals surface area contributed by atoms with Crippen LogP contribution in [0, 0.1) is 6.92 Å². The van der Waals surface area contributed by atoms with E-state index in [2.05, 4.69) is 15.3 Å². The summed E-state index contributed by atoms with van der Waals surface area (Å²) in [6.45, 7) is 2.93. The molecule has 2 atom stereocenters. The summed E-state index contributed by atoms with van der Waals surface area (Å²) in [4.78, 5) is 22.0. The van der Waals surface area contributed by atoms with E-state index in [4.69, 9.17) is 0 Å². The van der Waals surface area contributed by atoms with Gasteiger partial charge in [0.2, 0.25) is 0 Å². The first-order valence-corrected chi connectivity index (χ1v) is 12.6. The van der Waals surface area contributed by atoms with Gasteiger partial charge in [0.05, 0.1) is 22.2 Å². The van der Waals surface area contributed by atoms with Crippen LogP contribution in [0.4, 0.5) is 4.79 Å². The van der Waals surface area contributed by atoms with E-state index < -0.39 is 16.1 Å². The average molecular weight is 476 g/mol. The van der Waals surface area contributed by atoms with Crippen molar-refractivity contribution in [1.82, 2.24) is 24.2 Å². The summed E-state index contributed by atoms with van der Waals surface area (Å²) in [6.07, 6.45) is 3.90. The lowest BCUT2D eigenvalue weighted by Gasteiger charge is -2.32. The molecular formula is C21H25N5O4S2. The van der Waals surface area contributed by atoms with Gasteiger partial charge in [-0.2, -0.15) is 0 Å². The second-order valence-corrected chi connectivity index (χ2v) is 11.0. The minimum absolute atomic E-state index is 0.140. The van der Waals surface area contributed by atoms with Crippen molar-refractivity contribution in [2.24, 2.45) is 0 Å². The minimum atomic E-state index is -3.78. The quantitative estimate of drug-likeness (QED) is 0.523.